The summed E-state index contributed by atoms with van der Waals surface area (Å²) in [7, 11) is 5.47. The van der Waals surface area contributed by atoms with Gasteiger partial charge in [0.05, 0.1) is 46.1 Å². The van der Waals surface area contributed by atoms with Crippen LogP contribution in [0.4, 0.5) is 0 Å². The van der Waals surface area contributed by atoms with Crippen LogP contribution in [0.15, 0.2) is 97.1 Å². The van der Waals surface area contributed by atoms with E-state index in [1.54, 1.807) is 36.4 Å². The van der Waals surface area contributed by atoms with Gasteiger partial charge < -0.3 is 71.3 Å². The van der Waals surface area contributed by atoms with Gasteiger partial charge in [-0.1, -0.05) is 80.4 Å². The van der Waals surface area contributed by atoms with Gasteiger partial charge in [-0.2, -0.15) is 0 Å². The third-order valence-electron chi connectivity index (χ3n) is 15.3. The molecule has 84 heavy (non-hydrogen) atoms. The number of amides is 8. The van der Waals surface area contributed by atoms with Crippen molar-refractivity contribution in [1.82, 2.24) is 41.7 Å². The number of phenols is 1. The molecule has 0 aromatic heterocycles. The molecule has 0 saturated carbocycles. The summed E-state index contributed by atoms with van der Waals surface area (Å²) in [5.41, 5.74) is 4.57. The van der Waals surface area contributed by atoms with Gasteiger partial charge in [-0.15, -0.1) is 0 Å². The first-order valence-corrected chi connectivity index (χ1v) is 28.9. The lowest BCUT2D eigenvalue weighted by molar-refractivity contribution is -0.862. The molecule has 0 radical (unpaired) electrons. The molecule has 0 bridgehead atoms. The molecule has 0 spiro atoms. The molecule has 22 heteroatoms. The second-order valence-corrected chi connectivity index (χ2v) is 23.3. The number of carbonyl (C=O) groups excluding carboxylic acids is 8. The summed E-state index contributed by atoms with van der Waals surface area (Å²) >= 11 is 0. The summed E-state index contributed by atoms with van der Waals surface area (Å²) in [5.74, 6) is -5.34. The van der Waals surface area contributed by atoms with Crippen molar-refractivity contribution < 1.29 is 68.0 Å². The third kappa shape index (κ3) is 17.3. The van der Waals surface area contributed by atoms with E-state index in [0.717, 1.165) is 52.2 Å². The van der Waals surface area contributed by atoms with E-state index in [9.17, 15) is 58.8 Å². The summed E-state index contributed by atoms with van der Waals surface area (Å²) in [6, 6.07) is 19.1. The minimum absolute atomic E-state index is 0.0103. The first-order valence-electron chi connectivity index (χ1n) is 28.9. The number of nitrogens with zero attached hydrogens (tertiary/aromatic N) is 3. The van der Waals surface area contributed by atoms with Crippen LogP contribution >= 0.6 is 0 Å². The molecule has 22 nitrogen and oxygen atoms in total. The largest absolute Gasteiger partial charge is 0.508 e. The maximum absolute atomic E-state index is 14.7. The van der Waals surface area contributed by atoms with Crippen LogP contribution in [-0.4, -0.2) is 197 Å². The van der Waals surface area contributed by atoms with Crippen LogP contribution in [0.2, 0.25) is 0 Å². The Morgan fingerprint density at radius 3 is 1.80 bits per heavy atom. The average Bonchev–Trinajstić information content (AvgIpc) is 4.31. The summed E-state index contributed by atoms with van der Waals surface area (Å²) in [5, 5.41) is 59.5. The maximum Gasteiger partial charge on any atom is 0.275 e. The Bertz CT molecular complexity index is 2930. The number of unbranched alkanes of at least 4 members (excludes halogenated alkanes) is 2. The zero-order valence-corrected chi connectivity index (χ0v) is 48.7. The summed E-state index contributed by atoms with van der Waals surface area (Å²) in [6.07, 6.45) is -1.50. The molecule has 10 N–H and O–H groups in total. The van der Waals surface area contributed by atoms with Crippen molar-refractivity contribution in [2.45, 2.75) is 139 Å². The minimum atomic E-state index is -1.71. The highest BCUT2D eigenvalue weighted by molar-refractivity contribution is 6.00. The minimum Gasteiger partial charge on any atom is -0.508 e. The molecular formula is C62H82N9O13+. The normalized spacial score (nSPS) is 23.8. The predicted molar refractivity (Wildman–Crippen MR) is 312 cm³/mol. The molecule has 4 aromatic carbocycles. The van der Waals surface area contributed by atoms with Gasteiger partial charge >= 0.3 is 0 Å². The van der Waals surface area contributed by atoms with Crippen molar-refractivity contribution in [1.29, 1.82) is 0 Å². The standard InChI is InChI=1S/C62H81N9O13/c1-7-8-9-31-84-48-27-23-43(24-28-48)41-17-15-40(16-18-41)42-19-21-44(22-20-42)56(77)65-49-11-10-30-63-59(80)51-32-45(64-53(76)36-71(4,5)6)34-69(51)61(82)54(37(2)72)68-58(79)50(29-14-39-12-25-46(74)26-13-39)66-60(81)52-33-47(75)35-70(52)62(83)55(38(3)73)67-57(49)78/h12-13,15-28,37-38,45,47,49-52,54-55,72-73,75H,7-11,14,29-36H2,1-6H3,(H6-,63,64,65,66,67,68,74,76,77,78,79,80,81)/p+1/t37-,38-,45+,47-,49+,50+,51+,52+,54+,55+/m1/s1. The number of fused-ring (bicyclic) bond motifs is 2. The number of rotatable bonds is 17. The number of aromatic hydroxyl groups is 1. The molecule has 0 unspecified atom stereocenters. The number of quaternary nitrogens is 1. The van der Waals surface area contributed by atoms with Crippen LogP contribution in [0.3, 0.4) is 0 Å². The number of aliphatic hydroxyl groups excluding tert-OH is 3. The quantitative estimate of drug-likeness (QED) is 0.0535. The van der Waals surface area contributed by atoms with Crippen molar-refractivity contribution in [2.75, 3.05) is 53.9 Å². The Hall–Kier alpha value is -7.92. The summed E-state index contributed by atoms with van der Waals surface area (Å²) < 4.78 is 6.16. The van der Waals surface area contributed by atoms with Gasteiger partial charge in [0, 0.05) is 37.7 Å². The van der Waals surface area contributed by atoms with Gasteiger partial charge in [0.15, 0.2) is 6.54 Å². The average molecular weight is 1160 g/mol. The number of aliphatic hydroxyl groups is 3. The van der Waals surface area contributed by atoms with Crippen LogP contribution in [0, 0.1) is 0 Å². The number of hydrogen-bond donors (Lipinski definition) is 10. The highest BCUT2D eigenvalue weighted by Gasteiger charge is 2.46. The Balaban J connectivity index is 1.15. The summed E-state index contributed by atoms with van der Waals surface area (Å²) in [6.45, 7) is 4.75. The zero-order chi connectivity index (χ0) is 60.8. The van der Waals surface area contributed by atoms with Gasteiger partial charge in [0.2, 0.25) is 35.4 Å². The lowest BCUT2D eigenvalue weighted by Gasteiger charge is -2.32. The van der Waals surface area contributed by atoms with Gasteiger partial charge in [0.25, 0.3) is 11.8 Å². The molecule has 3 fully saturated rings. The van der Waals surface area contributed by atoms with Gasteiger partial charge in [-0.25, -0.2) is 0 Å². The topological polar surface area (TPSA) is 305 Å². The molecule has 0 aliphatic carbocycles. The Labute approximate surface area is 490 Å². The van der Waals surface area contributed by atoms with Crippen LogP contribution in [0.1, 0.15) is 88.1 Å². The Kier molecular flexibility index (Phi) is 22.0. The molecule has 4 aromatic rings. The number of carbonyl (C=O) groups is 8. The van der Waals surface area contributed by atoms with Crippen molar-refractivity contribution in [3.8, 4) is 33.8 Å². The zero-order valence-electron chi connectivity index (χ0n) is 48.7. The van der Waals surface area contributed by atoms with E-state index in [1.807, 2.05) is 69.7 Å². The van der Waals surface area contributed by atoms with E-state index >= 15 is 0 Å². The highest BCUT2D eigenvalue weighted by Crippen LogP contribution is 2.28. The molecule has 3 aliphatic heterocycles. The molecule has 8 amide bonds. The second-order valence-electron chi connectivity index (χ2n) is 23.3. The first-order chi connectivity index (χ1) is 40.0. The van der Waals surface area contributed by atoms with Crippen molar-refractivity contribution in [3.05, 3.63) is 108 Å². The van der Waals surface area contributed by atoms with E-state index in [0.29, 0.717) is 12.2 Å². The fraction of sp³-hybridized carbons (Fsp3) is 0.484. The van der Waals surface area contributed by atoms with Crippen LogP contribution < -0.4 is 36.6 Å². The van der Waals surface area contributed by atoms with Crippen molar-refractivity contribution >= 4 is 47.3 Å². The number of aryl methyl sites for hydroxylation is 1. The molecular weight excluding hydrogens is 1080 g/mol. The van der Waals surface area contributed by atoms with E-state index in [2.05, 4.69) is 38.8 Å². The fourth-order valence-corrected chi connectivity index (χ4v) is 10.7. The monoisotopic (exact) mass is 1160 g/mol. The molecule has 3 heterocycles. The molecule has 3 saturated heterocycles. The second kappa shape index (κ2) is 29.1. The number of nitrogens with one attached hydrogen (secondary N) is 6. The van der Waals surface area contributed by atoms with E-state index in [4.69, 9.17) is 4.74 Å². The van der Waals surface area contributed by atoms with Crippen LogP contribution in [0.25, 0.3) is 22.3 Å². The number of hydrogen-bond acceptors (Lipinski definition) is 13. The first kappa shape index (κ1) is 63.7. The predicted octanol–water partition coefficient (Wildman–Crippen LogP) is 1.91. The number of ether oxygens (including phenoxy) is 1. The van der Waals surface area contributed by atoms with Crippen molar-refractivity contribution in [3.63, 3.8) is 0 Å². The van der Waals surface area contributed by atoms with E-state index in [-0.39, 0.29) is 79.9 Å². The van der Waals surface area contributed by atoms with Crippen LogP contribution in [0.5, 0.6) is 11.5 Å². The number of phenolic OH excluding ortho intramolecular Hbond substituents is 1. The van der Waals surface area contributed by atoms with Gasteiger partial charge in [0.1, 0.15) is 47.8 Å². The molecule has 7 rings (SSSR count). The number of benzene rings is 4. The molecule has 10 atom stereocenters. The number of likely N-dealkylation sites (N-methyl/N-ethyl adjacent to an activating group) is 1. The van der Waals surface area contributed by atoms with E-state index < -0.39 is 108 Å². The third-order valence-corrected chi connectivity index (χ3v) is 15.3. The lowest BCUT2D eigenvalue weighted by atomic mass is 9.99. The molecule has 3 aliphatic rings. The van der Waals surface area contributed by atoms with Crippen LogP contribution in [-0.2, 0) is 40.0 Å². The van der Waals surface area contributed by atoms with E-state index in [1.165, 1.54) is 30.9 Å². The highest BCUT2D eigenvalue weighted by atomic mass is 16.5. The fourth-order valence-electron chi connectivity index (χ4n) is 10.7. The molecule has 452 valence electrons. The van der Waals surface area contributed by atoms with Gasteiger partial charge in [-0.3, -0.25) is 38.4 Å². The summed E-state index contributed by atoms with van der Waals surface area (Å²) in [4.78, 5) is 116. The maximum atomic E-state index is 14.7. The lowest BCUT2D eigenvalue weighted by Crippen LogP contribution is -2.61. The van der Waals surface area contributed by atoms with Crippen molar-refractivity contribution in [2.24, 2.45) is 0 Å². The Morgan fingerprint density at radius 2 is 1.23 bits per heavy atom. The Morgan fingerprint density at radius 1 is 0.679 bits per heavy atom. The SMILES string of the molecule is CCCCCOc1ccc(-c2ccc(-c3ccc(C(=O)N[C@H]4CCCNC(=O)[C@@H]5C[C@H](NC(=O)C[N+](C)(C)C)CN5C(=O)[C@H]([C@@H](C)O)NC(=O)[C@H](CCc5ccc(O)cc5)NC(=O)[C@@H]5C[C@@H](O)CN5C(=O)[C@H]([C@@H](C)O)NC4=O)cc3)cc2)cc1. The van der Waals surface area contributed by atoms with Gasteiger partial charge in [-0.05, 0) is 117 Å². The smallest absolute Gasteiger partial charge is 0.275 e.